The summed E-state index contributed by atoms with van der Waals surface area (Å²) in [5, 5.41) is 2.90. The van der Waals surface area contributed by atoms with Gasteiger partial charge in [-0.15, -0.1) is 12.4 Å². The quantitative estimate of drug-likeness (QED) is 0.710. The number of carbonyl (C=O) groups is 1. The summed E-state index contributed by atoms with van der Waals surface area (Å²) in [6, 6.07) is 0.0176. The summed E-state index contributed by atoms with van der Waals surface area (Å²) in [6.45, 7) is 5.93. The highest BCUT2D eigenvalue weighted by atomic mass is 35.5. The third-order valence-electron chi connectivity index (χ3n) is 2.14. The number of nitrogens with two attached hydrogens (primary N) is 1. The normalized spacial score (nSPS) is 18.8. The molecule has 13 heavy (non-hydrogen) atoms. The van der Waals surface area contributed by atoms with Crippen LogP contribution in [0.3, 0.4) is 0 Å². The van der Waals surface area contributed by atoms with E-state index in [0.29, 0.717) is 6.04 Å². The minimum Gasteiger partial charge on any atom is -0.352 e. The first kappa shape index (κ1) is 12.7. The van der Waals surface area contributed by atoms with Gasteiger partial charge in [-0.05, 0) is 18.3 Å². The predicted octanol–water partition coefficient (Wildman–Crippen LogP) is 1.06. The summed E-state index contributed by atoms with van der Waals surface area (Å²) >= 11 is 0. The summed E-state index contributed by atoms with van der Waals surface area (Å²) in [4.78, 5) is 11.4. The van der Waals surface area contributed by atoms with Crippen molar-refractivity contribution in [1.29, 1.82) is 0 Å². The molecule has 78 valence electrons. The largest absolute Gasteiger partial charge is 0.352 e. The number of nitrogens with one attached hydrogen (secondary N) is 1. The van der Waals surface area contributed by atoms with Crippen LogP contribution < -0.4 is 11.1 Å². The maximum absolute atomic E-state index is 11.4. The summed E-state index contributed by atoms with van der Waals surface area (Å²) in [6.07, 6.45) is 2.23. The molecule has 1 saturated carbocycles. The Labute approximate surface area is 85.9 Å². The van der Waals surface area contributed by atoms with Crippen molar-refractivity contribution in [3.05, 3.63) is 0 Å². The highest BCUT2D eigenvalue weighted by Crippen LogP contribution is 2.21. The van der Waals surface area contributed by atoms with Crippen molar-refractivity contribution in [3.8, 4) is 0 Å². The van der Waals surface area contributed by atoms with Crippen LogP contribution >= 0.6 is 12.4 Å². The van der Waals surface area contributed by atoms with Crippen molar-refractivity contribution in [3.63, 3.8) is 0 Å². The molecule has 3 nitrogen and oxygen atoms in total. The van der Waals surface area contributed by atoms with Crippen LogP contribution in [0.2, 0.25) is 0 Å². The summed E-state index contributed by atoms with van der Waals surface area (Å²) in [5.41, 5.74) is 5.62. The Kier molecular flexibility index (Phi) is 4.20. The average molecular weight is 207 g/mol. The number of hydrogen-bond acceptors (Lipinski definition) is 2. The van der Waals surface area contributed by atoms with Crippen LogP contribution in [0.5, 0.6) is 0 Å². The summed E-state index contributed by atoms with van der Waals surface area (Å²) in [7, 11) is 0. The zero-order valence-corrected chi connectivity index (χ0v) is 9.28. The van der Waals surface area contributed by atoms with E-state index >= 15 is 0 Å². The van der Waals surface area contributed by atoms with E-state index in [1.165, 1.54) is 0 Å². The maximum Gasteiger partial charge on any atom is 0.237 e. The van der Waals surface area contributed by atoms with Gasteiger partial charge in [0, 0.05) is 6.04 Å². The number of rotatable bonds is 2. The first-order chi connectivity index (χ1) is 5.41. The first-order valence-corrected chi connectivity index (χ1v) is 4.47. The molecule has 0 spiro atoms. The van der Waals surface area contributed by atoms with Gasteiger partial charge in [0.2, 0.25) is 5.91 Å². The van der Waals surface area contributed by atoms with Crippen LogP contribution in [0.25, 0.3) is 0 Å². The molecule has 0 aromatic heterocycles. The molecule has 1 aliphatic rings. The first-order valence-electron chi connectivity index (χ1n) is 4.47. The Bertz CT molecular complexity index is 185. The van der Waals surface area contributed by atoms with Crippen LogP contribution in [-0.4, -0.2) is 18.0 Å². The van der Waals surface area contributed by atoms with E-state index in [1.54, 1.807) is 0 Å². The highest BCUT2D eigenvalue weighted by molar-refractivity contribution is 5.85. The molecule has 0 heterocycles. The minimum absolute atomic E-state index is 0. The second-order valence-electron chi connectivity index (χ2n) is 4.63. The fourth-order valence-corrected chi connectivity index (χ4v) is 0.912. The summed E-state index contributed by atoms with van der Waals surface area (Å²) in [5.74, 6) is -0.00926. The molecule has 4 heteroatoms. The molecule has 1 amide bonds. The van der Waals surface area contributed by atoms with E-state index in [0.717, 1.165) is 12.8 Å². The number of carbonyl (C=O) groups excluding carboxylic acids is 1. The molecule has 0 aromatic carbocycles. The van der Waals surface area contributed by atoms with Crippen LogP contribution in [0, 0.1) is 5.41 Å². The van der Waals surface area contributed by atoms with Crippen LogP contribution in [0.1, 0.15) is 33.6 Å². The van der Waals surface area contributed by atoms with Gasteiger partial charge in [0.05, 0.1) is 6.04 Å². The topological polar surface area (TPSA) is 55.1 Å². The van der Waals surface area contributed by atoms with E-state index in [-0.39, 0.29) is 23.7 Å². The zero-order valence-electron chi connectivity index (χ0n) is 8.46. The predicted molar refractivity (Wildman–Crippen MR) is 55.8 cm³/mol. The Morgan fingerprint density at radius 3 is 2.23 bits per heavy atom. The molecule has 0 radical (unpaired) electrons. The lowest BCUT2D eigenvalue weighted by atomic mass is 9.87. The maximum atomic E-state index is 11.4. The third kappa shape index (κ3) is 3.96. The molecular weight excluding hydrogens is 188 g/mol. The summed E-state index contributed by atoms with van der Waals surface area (Å²) < 4.78 is 0. The van der Waals surface area contributed by atoms with Crippen molar-refractivity contribution in [2.24, 2.45) is 11.1 Å². The van der Waals surface area contributed by atoms with Gasteiger partial charge in [0.15, 0.2) is 0 Å². The molecule has 1 rings (SSSR count). The number of amides is 1. The van der Waals surface area contributed by atoms with E-state index in [4.69, 9.17) is 5.73 Å². The lowest BCUT2D eigenvalue weighted by molar-refractivity contribution is -0.124. The molecule has 0 bridgehead atoms. The monoisotopic (exact) mass is 206 g/mol. The molecule has 1 atom stereocenters. The molecule has 0 saturated heterocycles. The van der Waals surface area contributed by atoms with Gasteiger partial charge in [0.1, 0.15) is 0 Å². The molecule has 1 fully saturated rings. The fourth-order valence-electron chi connectivity index (χ4n) is 0.912. The second-order valence-corrected chi connectivity index (χ2v) is 4.63. The van der Waals surface area contributed by atoms with Crippen molar-refractivity contribution >= 4 is 18.3 Å². The average Bonchev–Trinajstić information content (AvgIpc) is 2.68. The number of hydrogen-bond donors (Lipinski definition) is 2. The van der Waals surface area contributed by atoms with Gasteiger partial charge in [-0.25, -0.2) is 0 Å². The van der Waals surface area contributed by atoms with Gasteiger partial charge in [-0.3, -0.25) is 4.79 Å². The minimum atomic E-state index is -0.391. The van der Waals surface area contributed by atoms with Crippen molar-refractivity contribution in [1.82, 2.24) is 5.32 Å². The van der Waals surface area contributed by atoms with E-state index in [9.17, 15) is 4.79 Å². The standard InChI is InChI=1S/C9H18N2O.ClH/c1-9(2,3)7(10)8(12)11-6-4-5-6;/h6-7H,4-5,10H2,1-3H3,(H,11,12);1H/t7-;/m1./s1. The van der Waals surface area contributed by atoms with Crippen LogP contribution in [-0.2, 0) is 4.79 Å². The van der Waals surface area contributed by atoms with Gasteiger partial charge >= 0.3 is 0 Å². The van der Waals surface area contributed by atoms with Crippen molar-refractivity contribution in [2.45, 2.75) is 45.7 Å². The Hall–Kier alpha value is -0.280. The second kappa shape index (κ2) is 4.29. The van der Waals surface area contributed by atoms with Crippen LogP contribution in [0.4, 0.5) is 0 Å². The highest BCUT2D eigenvalue weighted by Gasteiger charge is 2.31. The number of halogens is 1. The molecule has 3 N–H and O–H groups in total. The van der Waals surface area contributed by atoms with Crippen molar-refractivity contribution < 1.29 is 4.79 Å². The molecule has 0 aromatic rings. The Balaban J connectivity index is 0.00000144. The smallest absolute Gasteiger partial charge is 0.237 e. The Morgan fingerprint density at radius 2 is 1.92 bits per heavy atom. The molecular formula is C9H19ClN2O. The Morgan fingerprint density at radius 1 is 1.46 bits per heavy atom. The SMILES string of the molecule is CC(C)(C)[C@H](N)C(=O)NC1CC1.Cl. The van der Waals surface area contributed by atoms with Crippen LogP contribution in [0.15, 0.2) is 0 Å². The van der Waals surface area contributed by atoms with Gasteiger partial charge < -0.3 is 11.1 Å². The van der Waals surface area contributed by atoms with E-state index < -0.39 is 6.04 Å². The van der Waals surface area contributed by atoms with E-state index in [1.807, 2.05) is 20.8 Å². The molecule has 0 unspecified atom stereocenters. The van der Waals surface area contributed by atoms with E-state index in [2.05, 4.69) is 5.32 Å². The lowest BCUT2D eigenvalue weighted by Gasteiger charge is -2.25. The van der Waals surface area contributed by atoms with Gasteiger partial charge in [-0.1, -0.05) is 20.8 Å². The van der Waals surface area contributed by atoms with Gasteiger partial charge in [0.25, 0.3) is 0 Å². The third-order valence-corrected chi connectivity index (χ3v) is 2.14. The van der Waals surface area contributed by atoms with Gasteiger partial charge in [-0.2, -0.15) is 0 Å². The lowest BCUT2D eigenvalue weighted by Crippen LogP contribution is -2.49. The van der Waals surface area contributed by atoms with Crippen molar-refractivity contribution in [2.75, 3.05) is 0 Å². The fraction of sp³-hybridized carbons (Fsp3) is 0.889. The zero-order chi connectivity index (χ0) is 9.35. The molecule has 1 aliphatic carbocycles. The molecule has 0 aliphatic heterocycles.